The number of likely N-dealkylation sites (N-methyl/N-ethyl adjacent to an activating group) is 1. The smallest absolute Gasteiger partial charge is 0.254 e. The van der Waals surface area contributed by atoms with Gasteiger partial charge < -0.3 is 20.3 Å². The monoisotopic (exact) mass is 367 g/mol. The minimum Gasteiger partial charge on any atom is -0.497 e. The summed E-state index contributed by atoms with van der Waals surface area (Å²) in [6, 6.07) is 12.2. The van der Waals surface area contributed by atoms with Crippen LogP contribution in [0, 0.1) is 0 Å². The Morgan fingerprint density at radius 2 is 2.00 bits per heavy atom. The molecule has 7 heteroatoms. The molecule has 0 spiro atoms. The standard InChI is InChI=1S/C20H21N3O4/c1-23(12-19(25)21-15-4-3-5-16(11-15)27-2)20(26)14-6-8-17-13(10-14)7-9-18(24)22-17/h3-6,8,10-11H,7,9,12H2,1-2H3,(H,21,25)(H,22,24). The van der Waals surface area contributed by atoms with Crippen LogP contribution < -0.4 is 15.4 Å². The molecule has 7 nitrogen and oxygen atoms in total. The van der Waals surface area contributed by atoms with Crippen molar-refractivity contribution in [2.45, 2.75) is 12.8 Å². The van der Waals surface area contributed by atoms with Gasteiger partial charge in [0.25, 0.3) is 5.91 Å². The van der Waals surface area contributed by atoms with Gasteiger partial charge >= 0.3 is 0 Å². The summed E-state index contributed by atoms with van der Waals surface area (Å²) in [5.74, 6) is 0.0612. The molecule has 0 unspecified atom stereocenters. The van der Waals surface area contributed by atoms with Crippen molar-refractivity contribution in [3.63, 3.8) is 0 Å². The highest BCUT2D eigenvalue weighted by atomic mass is 16.5. The van der Waals surface area contributed by atoms with Crippen molar-refractivity contribution in [1.82, 2.24) is 4.90 Å². The molecule has 0 atom stereocenters. The fourth-order valence-electron chi connectivity index (χ4n) is 2.93. The first-order valence-electron chi connectivity index (χ1n) is 8.58. The molecule has 3 amide bonds. The summed E-state index contributed by atoms with van der Waals surface area (Å²) in [6.07, 6.45) is 1.01. The maximum absolute atomic E-state index is 12.6. The van der Waals surface area contributed by atoms with Gasteiger partial charge in [-0.25, -0.2) is 0 Å². The van der Waals surface area contributed by atoms with Crippen LogP contribution >= 0.6 is 0 Å². The number of amides is 3. The lowest BCUT2D eigenvalue weighted by Crippen LogP contribution is -2.35. The van der Waals surface area contributed by atoms with Crippen LogP contribution in [0.1, 0.15) is 22.3 Å². The molecule has 0 saturated carbocycles. The molecule has 27 heavy (non-hydrogen) atoms. The lowest BCUT2D eigenvalue weighted by molar-refractivity contribution is -0.117. The van der Waals surface area contributed by atoms with E-state index in [1.165, 1.54) is 4.90 Å². The Morgan fingerprint density at radius 1 is 1.19 bits per heavy atom. The highest BCUT2D eigenvalue weighted by Crippen LogP contribution is 2.24. The predicted molar refractivity (Wildman–Crippen MR) is 102 cm³/mol. The van der Waals surface area contributed by atoms with Crippen molar-refractivity contribution in [3.05, 3.63) is 53.6 Å². The van der Waals surface area contributed by atoms with Gasteiger partial charge in [-0.05, 0) is 42.3 Å². The van der Waals surface area contributed by atoms with Crippen molar-refractivity contribution >= 4 is 29.1 Å². The fourth-order valence-corrected chi connectivity index (χ4v) is 2.93. The maximum atomic E-state index is 12.6. The Balaban J connectivity index is 1.63. The molecule has 0 radical (unpaired) electrons. The number of anilines is 2. The Morgan fingerprint density at radius 3 is 2.78 bits per heavy atom. The molecule has 0 saturated heterocycles. The van der Waals surface area contributed by atoms with Crippen LogP contribution in [0.2, 0.25) is 0 Å². The fraction of sp³-hybridized carbons (Fsp3) is 0.250. The molecule has 1 heterocycles. The van der Waals surface area contributed by atoms with E-state index in [9.17, 15) is 14.4 Å². The van der Waals surface area contributed by atoms with Crippen LogP contribution in [0.5, 0.6) is 5.75 Å². The molecule has 2 aromatic carbocycles. The van der Waals surface area contributed by atoms with Crippen LogP contribution in [0.25, 0.3) is 0 Å². The number of ether oxygens (including phenoxy) is 1. The van der Waals surface area contributed by atoms with Gasteiger partial charge in [-0.2, -0.15) is 0 Å². The summed E-state index contributed by atoms with van der Waals surface area (Å²) in [6.45, 7) is -0.0795. The number of fused-ring (bicyclic) bond motifs is 1. The third-order valence-corrected chi connectivity index (χ3v) is 4.33. The number of rotatable bonds is 5. The predicted octanol–water partition coefficient (Wildman–Crippen LogP) is 2.29. The van der Waals surface area contributed by atoms with Gasteiger partial charge in [0.2, 0.25) is 11.8 Å². The van der Waals surface area contributed by atoms with Crippen LogP contribution in [-0.4, -0.2) is 43.3 Å². The van der Waals surface area contributed by atoms with Crippen LogP contribution in [0.4, 0.5) is 11.4 Å². The van der Waals surface area contributed by atoms with Gasteiger partial charge in [0.1, 0.15) is 5.75 Å². The van der Waals surface area contributed by atoms with Gasteiger partial charge in [0.15, 0.2) is 0 Å². The molecular weight excluding hydrogens is 346 g/mol. The number of carbonyl (C=O) groups excluding carboxylic acids is 3. The zero-order valence-electron chi connectivity index (χ0n) is 15.2. The molecule has 1 aliphatic rings. The van der Waals surface area contributed by atoms with Gasteiger partial charge in [-0.1, -0.05) is 6.07 Å². The highest BCUT2D eigenvalue weighted by Gasteiger charge is 2.19. The minimum absolute atomic E-state index is 0.0205. The second-order valence-electron chi connectivity index (χ2n) is 6.36. The van der Waals surface area contributed by atoms with E-state index in [-0.39, 0.29) is 24.3 Å². The van der Waals surface area contributed by atoms with Crippen LogP contribution in [0.15, 0.2) is 42.5 Å². The van der Waals surface area contributed by atoms with Gasteiger partial charge in [-0.3, -0.25) is 14.4 Å². The number of hydrogen-bond donors (Lipinski definition) is 2. The zero-order chi connectivity index (χ0) is 19.4. The summed E-state index contributed by atoms with van der Waals surface area (Å²) in [5, 5.41) is 5.53. The molecular formula is C20H21N3O4. The summed E-state index contributed by atoms with van der Waals surface area (Å²) < 4.78 is 5.12. The Hall–Kier alpha value is -3.35. The van der Waals surface area contributed by atoms with Crippen molar-refractivity contribution < 1.29 is 19.1 Å². The molecule has 0 aliphatic carbocycles. The van der Waals surface area contributed by atoms with E-state index in [0.717, 1.165) is 11.3 Å². The second kappa shape index (κ2) is 7.90. The molecule has 0 aromatic heterocycles. The molecule has 140 valence electrons. The van der Waals surface area contributed by atoms with Gasteiger partial charge in [-0.15, -0.1) is 0 Å². The number of hydrogen-bond acceptors (Lipinski definition) is 4. The lowest BCUT2D eigenvalue weighted by atomic mass is 10.00. The summed E-state index contributed by atoms with van der Waals surface area (Å²) in [4.78, 5) is 37.6. The van der Waals surface area contributed by atoms with Crippen LogP contribution in [-0.2, 0) is 16.0 Å². The van der Waals surface area contributed by atoms with Crippen molar-refractivity contribution in [2.24, 2.45) is 0 Å². The van der Waals surface area contributed by atoms with E-state index in [2.05, 4.69) is 10.6 Å². The quantitative estimate of drug-likeness (QED) is 0.849. The van der Waals surface area contributed by atoms with E-state index in [4.69, 9.17) is 4.74 Å². The van der Waals surface area contributed by atoms with Crippen molar-refractivity contribution in [1.29, 1.82) is 0 Å². The SMILES string of the molecule is COc1cccc(NC(=O)CN(C)C(=O)c2ccc3c(c2)CCC(=O)N3)c1. The number of carbonyl (C=O) groups is 3. The average molecular weight is 367 g/mol. The average Bonchev–Trinajstić information content (AvgIpc) is 2.66. The normalized spacial score (nSPS) is 12.6. The largest absolute Gasteiger partial charge is 0.497 e. The topological polar surface area (TPSA) is 87.7 Å². The molecule has 2 N–H and O–H groups in total. The summed E-state index contributed by atoms with van der Waals surface area (Å²) in [7, 11) is 3.13. The lowest BCUT2D eigenvalue weighted by Gasteiger charge is -2.20. The first-order valence-corrected chi connectivity index (χ1v) is 8.58. The van der Waals surface area contributed by atoms with Crippen LogP contribution in [0.3, 0.4) is 0 Å². The molecule has 2 aromatic rings. The van der Waals surface area contributed by atoms with E-state index in [1.807, 2.05) is 0 Å². The van der Waals surface area contributed by atoms with Crippen molar-refractivity contribution in [3.8, 4) is 5.75 Å². The summed E-state index contributed by atoms with van der Waals surface area (Å²) >= 11 is 0. The molecule has 3 rings (SSSR count). The zero-order valence-corrected chi connectivity index (χ0v) is 15.2. The van der Waals surface area contributed by atoms with E-state index in [1.54, 1.807) is 56.6 Å². The van der Waals surface area contributed by atoms with E-state index >= 15 is 0 Å². The number of nitrogens with one attached hydrogen (secondary N) is 2. The first kappa shape index (κ1) is 18.4. The Labute approximate surface area is 157 Å². The molecule has 0 bridgehead atoms. The summed E-state index contributed by atoms with van der Waals surface area (Å²) in [5.41, 5.74) is 2.75. The first-order chi connectivity index (χ1) is 13.0. The number of benzene rings is 2. The van der Waals surface area contributed by atoms with Gasteiger partial charge in [0.05, 0.1) is 13.7 Å². The van der Waals surface area contributed by atoms with E-state index in [0.29, 0.717) is 29.8 Å². The highest BCUT2D eigenvalue weighted by molar-refractivity contribution is 6.00. The Kier molecular flexibility index (Phi) is 5.40. The molecule has 0 fully saturated rings. The number of methoxy groups -OCH3 is 1. The third kappa shape index (κ3) is 4.44. The Bertz CT molecular complexity index is 895. The van der Waals surface area contributed by atoms with E-state index < -0.39 is 0 Å². The second-order valence-corrected chi connectivity index (χ2v) is 6.36. The van der Waals surface area contributed by atoms with Gasteiger partial charge in [0, 0.05) is 36.5 Å². The number of nitrogens with zero attached hydrogens (tertiary/aromatic N) is 1. The maximum Gasteiger partial charge on any atom is 0.254 e. The number of aryl methyl sites for hydroxylation is 1. The van der Waals surface area contributed by atoms with Crippen molar-refractivity contribution in [2.75, 3.05) is 31.3 Å². The minimum atomic E-state index is -0.302. The molecule has 1 aliphatic heterocycles. The third-order valence-electron chi connectivity index (χ3n) is 4.33.